The van der Waals surface area contributed by atoms with Crippen molar-refractivity contribution < 1.29 is 14.3 Å². The third kappa shape index (κ3) is 1.54. The van der Waals surface area contributed by atoms with Crippen molar-refractivity contribution in [2.24, 2.45) is 11.3 Å². The number of nitrogens with one attached hydrogen (secondary N) is 1. The Hall–Kier alpha value is -2.56. The number of hydrogen-bond acceptors (Lipinski definition) is 3. The molecule has 24 heavy (non-hydrogen) atoms. The predicted octanol–water partition coefficient (Wildman–Crippen LogP) is 2.34. The Bertz CT molecular complexity index is 912. The van der Waals surface area contributed by atoms with Gasteiger partial charge in [-0.2, -0.15) is 0 Å². The summed E-state index contributed by atoms with van der Waals surface area (Å²) in [6, 6.07) is 7.71. The maximum absolute atomic E-state index is 12.8. The smallest absolute Gasteiger partial charge is 0.318 e. The fourth-order valence-corrected chi connectivity index (χ4v) is 4.85. The number of aromatic nitrogens is 1. The molecule has 2 bridgehead atoms. The summed E-state index contributed by atoms with van der Waals surface area (Å²) in [6.45, 7) is 0.674. The standard InChI is InChI=1S/C19H18N2O3/c1-24-18(23)19-7-6-11(9-19)10-21-15(22)8-13-12-4-2-3-5-14(12)20-16(13)17(19)21/h2-7,11,17,20H,8-10H2,1H3. The van der Waals surface area contributed by atoms with Gasteiger partial charge in [-0.1, -0.05) is 30.4 Å². The van der Waals surface area contributed by atoms with Crippen LogP contribution in [0.5, 0.6) is 0 Å². The number of carbonyl (C=O) groups excluding carboxylic acids is 2. The van der Waals surface area contributed by atoms with E-state index in [-0.39, 0.29) is 23.8 Å². The number of esters is 1. The molecular weight excluding hydrogens is 304 g/mol. The minimum Gasteiger partial charge on any atom is -0.468 e. The Balaban J connectivity index is 1.78. The number of amides is 1. The van der Waals surface area contributed by atoms with E-state index in [9.17, 15) is 9.59 Å². The summed E-state index contributed by atoms with van der Waals surface area (Å²) >= 11 is 0. The van der Waals surface area contributed by atoms with E-state index in [0.29, 0.717) is 19.4 Å². The van der Waals surface area contributed by atoms with Crippen LogP contribution in [0.2, 0.25) is 0 Å². The molecule has 5 nitrogen and oxygen atoms in total. The summed E-state index contributed by atoms with van der Waals surface area (Å²) in [6.07, 6.45) is 5.15. The highest BCUT2D eigenvalue weighted by atomic mass is 16.5. The van der Waals surface area contributed by atoms with Gasteiger partial charge < -0.3 is 14.6 Å². The van der Waals surface area contributed by atoms with Crippen molar-refractivity contribution in [1.29, 1.82) is 0 Å². The SMILES string of the molecule is COC(=O)C12C=CC(CN3C(=O)Cc4c([nH]c5ccccc45)C31)C2. The monoisotopic (exact) mass is 322 g/mol. The zero-order valence-corrected chi connectivity index (χ0v) is 13.4. The molecular formula is C19H18N2O3. The zero-order valence-electron chi connectivity index (χ0n) is 13.4. The maximum Gasteiger partial charge on any atom is 0.318 e. The first-order chi connectivity index (χ1) is 11.6. The molecule has 3 unspecified atom stereocenters. The van der Waals surface area contributed by atoms with Gasteiger partial charge in [-0.25, -0.2) is 0 Å². The van der Waals surface area contributed by atoms with Gasteiger partial charge in [0.25, 0.3) is 0 Å². The highest BCUT2D eigenvalue weighted by Gasteiger charge is 2.58. The molecule has 5 rings (SSSR count). The van der Waals surface area contributed by atoms with Gasteiger partial charge in [0.2, 0.25) is 5.91 Å². The Labute approximate surface area is 139 Å². The second kappa shape index (κ2) is 4.50. The Morgan fingerprint density at radius 1 is 1.38 bits per heavy atom. The lowest BCUT2D eigenvalue weighted by molar-refractivity contribution is -0.161. The lowest BCUT2D eigenvalue weighted by atomic mass is 9.70. The van der Waals surface area contributed by atoms with E-state index in [0.717, 1.165) is 22.2 Å². The van der Waals surface area contributed by atoms with Crippen molar-refractivity contribution in [2.75, 3.05) is 13.7 Å². The summed E-state index contributed by atoms with van der Waals surface area (Å²) in [5, 5.41) is 1.07. The van der Waals surface area contributed by atoms with Crippen LogP contribution < -0.4 is 0 Å². The topological polar surface area (TPSA) is 62.4 Å². The van der Waals surface area contributed by atoms with Crippen LogP contribution in [0.4, 0.5) is 0 Å². The van der Waals surface area contributed by atoms with Crippen molar-refractivity contribution in [3.05, 3.63) is 47.7 Å². The summed E-state index contributed by atoms with van der Waals surface area (Å²) in [4.78, 5) is 30.9. The molecule has 122 valence electrons. The first-order valence-electron chi connectivity index (χ1n) is 8.31. The zero-order chi connectivity index (χ0) is 16.5. The van der Waals surface area contributed by atoms with Gasteiger partial charge in [-0.15, -0.1) is 0 Å². The molecule has 0 saturated carbocycles. The van der Waals surface area contributed by atoms with Crippen molar-refractivity contribution in [2.45, 2.75) is 18.9 Å². The molecule has 3 atom stereocenters. The average molecular weight is 322 g/mol. The van der Waals surface area contributed by atoms with Crippen LogP contribution in [0, 0.1) is 11.3 Å². The van der Waals surface area contributed by atoms with Gasteiger partial charge in [0.05, 0.1) is 19.6 Å². The fourth-order valence-electron chi connectivity index (χ4n) is 4.85. The number of para-hydroxylation sites is 1. The number of piperidine rings is 1. The highest BCUT2D eigenvalue weighted by Crippen LogP contribution is 2.56. The first kappa shape index (κ1) is 13.8. The fraction of sp³-hybridized carbons (Fsp3) is 0.368. The number of fused-ring (bicyclic) bond motifs is 8. The maximum atomic E-state index is 12.8. The van der Waals surface area contributed by atoms with Gasteiger partial charge in [-0.3, -0.25) is 9.59 Å². The van der Waals surface area contributed by atoms with E-state index in [2.05, 4.69) is 11.1 Å². The number of methoxy groups -OCH3 is 1. The summed E-state index contributed by atoms with van der Waals surface area (Å²) in [7, 11) is 1.42. The number of rotatable bonds is 1. The molecule has 1 saturated heterocycles. The number of aromatic amines is 1. The van der Waals surface area contributed by atoms with Crippen LogP contribution in [0.25, 0.3) is 10.9 Å². The summed E-state index contributed by atoms with van der Waals surface area (Å²) in [5.74, 6) is 0.0735. The molecule has 2 aromatic rings. The van der Waals surface area contributed by atoms with Gasteiger partial charge in [0.1, 0.15) is 5.41 Å². The third-order valence-electron chi connectivity index (χ3n) is 5.83. The Morgan fingerprint density at radius 2 is 2.21 bits per heavy atom. The van der Waals surface area contributed by atoms with E-state index >= 15 is 0 Å². The normalized spacial score (nSPS) is 30.4. The molecule has 0 radical (unpaired) electrons. The number of benzene rings is 1. The van der Waals surface area contributed by atoms with Crippen LogP contribution in [-0.2, 0) is 20.7 Å². The van der Waals surface area contributed by atoms with Crippen molar-refractivity contribution in [3.8, 4) is 0 Å². The van der Waals surface area contributed by atoms with Crippen molar-refractivity contribution in [1.82, 2.24) is 9.88 Å². The van der Waals surface area contributed by atoms with E-state index < -0.39 is 5.41 Å². The minimum atomic E-state index is -0.774. The molecule has 1 fully saturated rings. The molecule has 2 aliphatic heterocycles. The molecule has 0 spiro atoms. The number of hydrogen-bond donors (Lipinski definition) is 1. The Morgan fingerprint density at radius 3 is 3.04 bits per heavy atom. The molecule has 5 heteroatoms. The second-order valence-electron chi connectivity index (χ2n) is 7.04. The average Bonchev–Trinajstić information content (AvgIpc) is 3.14. The molecule has 3 aliphatic rings. The van der Waals surface area contributed by atoms with Crippen LogP contribution in [0.1, 0.15) is 23.7 Å². The van der Waals surface area contributed by atoms with Crippen LogP contribution in [-0.4, -0.2) is 35.4 Å². The van der Waals surface area contributed by atoms with Crippen LogP contribution >= 0.6 is 0 Å². The third-order valence-corrected chi connectivity index (χ3v) is 5.83. The van der Waals surface area contributed by atoms with Gasteiger partial charge in [-0.05, 0) is 24.0 Å². The molecule has 3 heterocycles. The number of nitrogens with zero attached hydrogens (tertiary/aromatic N) is 1. The lowest BCUT2D eigenvalue weighted by Gasteiger charge is -2.48. The molecule has 1 aromatic carbocycles. The number of ether oxygens (including phenoxy) is 1. The Kier molecular flexibility index (Phi) is 2.59. The van der Waals surface area contributed by atoms with E-state index in [1.165, 1.54) is 7.11 Å². The van der Waals surface area contributed by atoms with Crippen molar-refractivity contribution >= 4 is 22.8 Å². The van der Waals surface area contributed by atoms with E-state index in [1.807, 2.05) is 35.2 Å². The lowest BCUT2D eigenvalue weighted by Crippen LogP contribution is -2.54. The quantitative estimate of drug-likeness (QED) is 0.647. The molecule has 1 aliphatic carbocycles. The van der Waals surface area contributed by atoms with Crippen LogP contribution in [0.3, 0.4) is 0 Å². The second-order valence-corrected chi connectivity index (χ2v) is 7.04. The first-order valence-corrected chi connectivity index (χ1v) is 8.31. The van der Waals surface area contributed by atoms with Crippen molar-refractivity contribution in [3.63, 3.8) is 0 Å². The summed E-state index contributed by atoms with van der Waals surface area (Å²) in [5.41, 5.74) is 2.26. The molecule has 1 N–H and O–H groups in total. The molecule has 1 aromatic heterocycles. The van der Waals surface area contributed by atoms with E-state index in [1.54, 1.807) is 0 Å². The van der Waals surface area contributed by atoms with Gasteiger partial charge in [0, 0.05) is 23.1 Å². The van der Waals surface area contributed by atoms with Gasteiger partial charge >= 0.3 is 5.97 Å². The number of carbonyl (C=O) groups is 2. The highest BCUT2D eigenvalue weighted by molar-refractivity contribution is 5.94. The molecule has 1 amide bonds. The predicted molar refractivity (Wildman–Crippen MR) is 88.2 cm³/mol. The van der Waals surface area contributed by atoms with Gasteiger partial charge in [0.15, 0.2) is 0 Å². The minimum absolute atomic E-state index is 0.0962. The largest absolute Gasteiger partial charge is 0.468 e. The van der Waals surface area contributed by atoms with Crippen LogP contribution in [0.15, 0.2) is 36.4 Å². The van der Waals surface area contributed by atoms with E-state index in [4.69, 9.17) is 4.74 Å². The summed E-state index contributed by atoms with van der Waals surface area (Å²) < 4.78 is 5.14. The number of H-pyrrole nitrogens is 1.